The largest absolute Gasteiger partial charge is 2.00 e. The first-order valence-corrected chi connectivity index (χ1v) is 4.65. The molecular formula is C16H12FeO2+. The van der Waals surface area contributed by atoms with Crippen LogP contribution in [0.1, 0.15) is 5.56 Å². The van der Waals surface area contributed by atoms with Crippen molar-refractivity contribution in [1.29, 1.82) is 0 Å². The van der Waals surface area contributed by atoms with Crippen molar-refractivity contribution in [3.8, 4) is 11.8 Å². The van der Waals surface area contributed by atoms with Gasteiger partial charge in [0.2, 0.25) is 0 Å². The van der Waals surface area contributed by atoms with E-state index >= 15 is 0 Å². The molecule has 3 heteroatoms. The first-order valence-electron chi connectivity index (χ1n) is 4.65. The topological polar surface area (TPSA) is 39.8 Å². The maximum atomic E-state index is 7.50. The Morgan fingerprint density at radius 3 is 1.74 bits per heavy atom. The van der Waals surface area contributed by atoms with Gasteiger partial charge in [0, 0.05) is 5.56 Å². The Kier molecular flexibility index (Phi) is 20.2. The predicted molar refractivity (Wildman–Crippen MR) is 68.0 cm³/mol. The van der Waals surface area contributed by atoms with Crippen molar-refractivity contribution >= 4 is 0 Å². The summed E-state index contributed by atoms with van der Waals surface area (Å²) < 4.78 is 15.0. The Morgan fingerprint density at radius 1 is 0.789 bits per heavy atom. The molecule has 1 aliphatic rings. The molecule has 1 aromatic rings. The first-order chi connectivity index (χ1) is 8.45. The minimum Gasteiger partial charge on any atom is -0.358 e. The molecule has 0 heterocycles. The molecule has 0 amide bonds. The molecule has 0 atom stereocenters. The Balaban J connectivity index is -0.000000392. The molecule has 1 saturated carbocycles. The average Bonchev–Trinajstić information content (AvgIpc) is 2.95. The Hall–Kier alpha value is -1.22. The van der Waals surface area contributed by atoms with Gasteiger partial charge in [-0.2, -0.15) is 0 Å². The summed E-state index contributed by atoms with van der Waals surface area (Å²) in [5.74, 6) is 7.26. The second-order valence-corrected chi connectivity index (χ2v) is 2.79. The van der Waals surface area contributed by atoms with E-state index in [1.807, 2.05) is 56.0 Å². The molecular weight excluding hydrogens is 280 g/mol. The molecule has 1 aliphatic carbocycles. The quantitative estimate of drug-likeness (QED) is 0.305. The van der Waals surface area contributed by atoms with Crippen LogP contribution in [0, 0.1) is 64.2 Å². The average molecular weight is 292 g/mol. The van der Waals surface area contributed by atoms with Gasteiger partial charge >= 0.3 is 39.7 Å². The van der Waals surface area contributed by atoms with Crippen molar-refractivity contribution in [3.05, 3.63) is 88.2 Å². The Morgan fingerprint density at radius 2 is 1.26 bits per heavy atom. The summed E-state index contributed by atoms with van der Waals surface area (Å²) in [6.45, 7) is 9.00. The van der Waals surface area contributed by atoms with Gasteiger partial charge in [0.15, 0.2) is 0 Å². The Labute approximate surface area is 126 Å². The summed E-state index contributed by atoms with van der Waals surface area (Å²) in [4.78, 5) is 0. The first kappa shape index (κ1) is 22.9. The molecule has 0 aromatic heterocycles. The van der Waals surface area contributed by atoms with Gasteiger partial charge in [-0.05, 0) is 37.8 Å². The molecule has 0 spiro atoms. The fourth-order valence-corrected chi connectivity index (χ4v) is 1.12. The smallest absolute Gasteiger partial charge is 0.358 e. The third-order valence-electron chi connectivity index (χ3n) is 1.79. The minimum absolute atomic E-state index is 0. The van der Waals surface area contributed by atoms with Gasteiger partial charge in [-0.3, -0.25) is 0 Å². The normalized spacial score (nSPS) is 11.6. The van der Waals surface area contributed by atoms with Crippen LogP contribution in [0.4, 0.5) is 0 Å². The summed E-state index contributed by atoms with van der Waals surface area (Å²) in [6.07, 6.45) is 8.01. The third kappa shape index (κ3) is 10.4. The molecule has 0 bridgehead atoms. The standard InChI is InChI=1S/C13H9.2CO.CH3.Fe/c1-2-6-12(7-3-1)10-11-13-8-4-5-9-13;2*1-2;;/h1-9H;;;1H3;/q;;;-1;+2. The van der Waals surface area contributed by atoms with Crippen LogP contribution < -0.4 is 0 Å². The maximum Gasteiger partial charge on any atom is 2.00 e. The van der Waals surface area contributed by atoms with Crippen molar-refractivity contribution in [1.82, 2.24) is 0 Å². The molecule has 1 aromatic carbocycles. The van der Waals surface area contributed by atoms with Gasteiger partial charge in [-0.15, -0.1) is 0 Å². The fraction of sp³-hybridized carbons (Fsp3) is 0. The molecule has 95 valence electrons. The zero-order valence-electron chi connectivity index (χ0n) is 10.4. The van der Waals surface area contributed by atoms with Gasteiger partial charge in [-0.25, -0.2) is 0 Å². The van der Waals surface area contributed by atoms with Crippen molar-refractivity contribution in [3.63, 3.8) is 0 Å². The monoisotopic (exact) mass is 292 g/mol. The van der Waals surface area contributed by atoms with Crippen molar-refractivity contribution < 1.29 is 26.4 Å². The van der Waals surface area contributed by atoms with E-state index in [0.29, 0.717) is 0 Å². The SMILES string of the molecule is C(#Cc1ccccc1)[C]1[CH][CH][CH][CH]1.[C-]#[O+].[C-]#[O+].[CH3-].[Fe+2]. The van der Waals surface area contributed by atoms with E-state index in [1.54, 1.807) is 0 Å². The third-order valence-corrected chi connectivity index (χ3v) is 1.79. The minimum atomic E-state index is 0. The van der Waals surface area contributed by atoms with Gasteiger partial charge in [-0.1, -0.05) is 30.0 Å². The van der Waals surface area contributed by atoms with Crippen LogP contribution in [-0.2, 0) is 26.4 Å². The summed E-state index contributed by atoms with van der Waals surface area (Å²) in [7, 11) is 0. The maximum absolute atomic E-state index is 7.50. The van der Waals surface area contributed by atoms with Crippen LogP contribution in [0.2, 0.25) is 0 Å². The van der Waals surface area contributed by atoms with Crippen LogP contribution in [-0.4, -0.2) is 0 Å². The van der Waals surface area contributed by atoms with E-state index in [1.165, 1.54) is 0 Å². The molecule has 19 heavy (non-hydrogen) atoms. The van der Waals surface area contributed by atoms with E-state index in [0.717, 1.165) is 11.5 Å². The zero-order chi connectivity index (χ0) is 12.9. The second-order valence-electron chi connectivity index (χ2n) is 2.79. The fourth-order valence-electron chi connectivity index (χ4n) is 1.12. The van der Waals surface area contributed by atoms with Crippen LogP contribution in [0.15, 0.2) is 30.3 Å². The van der Waals surface area contributed by atoms with Gasteiger partial charge in [0.05, 0.1) is 5.92 Å². The molecule has 0 aliphatic heterocycles. The molecule has 0 saturated heterocycles. The van der Waals surface area contributed by atoms with E-state index < -0.39 is 0 Å². The van der Waals surface area contributed by atoms with Gasteiger partial charge in [0.25, 0.3) is 0 Å². The molecule has 5 radical (unpaired) electrons. The van der Waals surface area contributed by atoms with Crippen LogP contribution >= 0.6 is 0 Å². The van der Waals surface area contributed by atoms with Crippen LogP contribution in [0.3, 0.4) is 0 Å². The zero-order valence-corrected chi connectivity index (χ0v) is 11.5. The molecule has 2 nitrogen and oxygen atoms in total. The Bertz CT molecular complexity index is 386. The van der Waals surface area contributed by atoms with Crippen molar-refractivity contribution in [2.24, 2.45) is 0 Å². The summed E-state index contributed by atoms with van der Waals surface area (Å²) in [6, 6.07) is 10.0. The molecule has 2 rings (SSSR count). The van der Waals surface area contributed by atoms with Crippen molar-refractivity contribution in [2.75, 3.05) is 0 Å². The van der Waals surface area contributed by atoms with E-state index in [9.17, 15) is 0 Å². The van der Waals surface area contributed by atoms with Gasteiger partial charge in [0.1, 0.15) is 0 Å². The number of hydrogen-bond donors (Lipinski definition) is 0. The van der Waals surface area contributed by atoms with E-state index in [2.05, 4.69) is 25.1 Å². The predicted octanol–water partition coefficient (Wildman–Crippen LogP) is 2.82. The molecule has 1 fully saturated rings. The van der Waals surface area contributed by atoms with E-state index in [4.69, 9.17) is 9.30 Å². The van der Waals surface area contributed by atoms with Crippen LogP contribution in [0.25, 0.3) is 0 Å². The van der Waals surface area contributed by atoms with Crippen LogP contribution in [0.5, 0.6) is 0 Å². The number of hydrogen-bond acceptors (Lipinski definition) is 0. The van der Waals surface area contributed by atoms with E-state index in [-0.39, 0.29) is 24.5 Å². The number of rotatable bonds is 0. The van der Waals surface area contributed by atoms with Crippen molar-refractivity contribution in [2.45, 2.75) is 0 Å². The second kappa shape index (κ2) is 16.8. The number of benzene rings is 1. The summed E-state index contributed by atoms with van der Waals surface area (Å²) in [5.41, 5.74) is 1.06. The molecule has 0 unspecified atom stereocenters. The summed E-state index contributed by atoms with van der Waals surface area (Å²) in [5, 5.41) is 0. The van der Waals surface area contributed by atoms with Gasteiger partial charge < -0.3 is 7.43 Å². The molecule has 0 N–H and O–H groups in total. The summed E-state index contributed by atoms with van der Waals surface area (Å²) >= 11 is 0.